The van der Waals surface area contributed by atoms with Gasteiger partial charge in [-0.1, -0.05) is 0 Å². The lowest BCUT2D eigenvalue weighted by molar-refractivity contribution is 0.564. The van der Waals surface area contributed by atoms with Crippen LogP contribution in [0.5, 0.6) is 0 Å². The van der Waals surface area contributed by atoms with Gasteiger partial charge in [-0.05, 0) is 12.2 Å². The van der Waals surface area contributed by atoms with Gasteiger partial charge in [0.15, 0.2) is 0 Å². The highest BCUT2D eigenvalue weighted by Crippen LogP contribution is 2.30. The maximum atomic E-state index is 10.0. The minimum Gasteiger partial charge on any atom is -0.316 e. The van der Waals surface area contributed by atoms with Crippen LogP contribution in [0.15, 0.2) is 40.9 Å². The molecule has 1 N–H and O–H groups in total. The van der Waals surface area contributed by atoms with Crippen LogP contribution in [-0.2, 0) is 4.79 Å². The van der Waals surface area contributed by atoms with Crippen molar-refractivity contribution in [3.05, 3.63) is 35.9 Å². The molecule has 0 radical (unpaired) electrons. The summed E-state index contributed by atoms with van der Waals surface area (Å²) < 4.78 is 4.84. The Bertz CT molecular complexity index is 339. The van der Waals surface area contributed by atoms with Crippen LogP contribution in [0, 0.1) is 0 Å². The summed E-state index contributed by atoms with van der Waals surface area (Å²) in [6.45, 7) is 0. The van der Waals surface area contributed by atoms with E-state index in [4.69, 9.17) is 0 Å². The van der Waals surface area contributed by atoms with Crippen molar-refractivity contribution in [2.24, 2.45) is 4.99 Å². The van der Waals surface area contributed by atoms with Gasteiger partial charge < -0.3 is 4.72 Å². The van der Waals surface area contributed by atoms with Crippen LogP contribution >= 0.6 is 12.1 Å². The molecule has 0 aromatic rings. The Kier molecular flexibility index (Phi) is 1.74. The molecule has 0 saturated heterocycles. The summed E-state index contributed by atoms with van der Waals surface area (Å²) in [7, 11) is 0. The maximum Gasteiger partial charge on any atom is 0.240 e. The van der Waals surface area contributed by atoms with E-state index in [2.05, 4.69) is 9.71 Å². The topological polar surface area (TPSA) is 44.7 Å². The zero-order valence-corrected chi connectivity index (χ0v) is 6.84. The van der Waals surface area contributed by atoms with Crippen molar-refractivity contribution in [3.8, 4) is 0 Å². The lowest BCUT2D eigenvalue weighted by Gasteiger charge is -2.16. The van der Waals surface area contributed by atoms with Gasteiger partial charge in [0.2, 0.25) is 6.08 Å². The first kappa shape index (κ1) is 7.21. The lowest BCUT2D eigenvalue weighted by atomic mass is 10.2. The summed E-state index contributed by atoms with van der Waals surface area (Å²) >= 11 is 1.43. The molecule has 0 atom stereocenters. The first-order chi connectivity index (χ1) is 5.92. The molecule has 0 aliphatic carbocycles. The number of allylic oxidation sites excluding steroid dienone is 2. The third-order valence-corrected chi connectivity index (χ3v) is 2.23. The van der Waals surface area contributed by atoms with Crippen molar-refractivity contribution in [2.75, 3.05) is 0 Å². The van der Waals surface area contributed by atoms with E-state index < -0.39 is 0 Å². The van der Waals surface area contributed by atoms with Gasteiger partial charge in [-0.3, -0.25) is 4.31 Å². The fraction of sp³-hybridized carbons (Fsp3) is 0. The van der Waals surface area contributed by atoms with E-state index in [0.717, 1.165) is 5.70 Å². The van der Waals surface area contributed by atoms with Gasteiger partial charge in [-0.25, -0.2) is 4.79 Å². The monoisotopic (exact) mass is 179 g/mol. The van der Waals surface area contributed by atoms with Crippen LogP contribution in [0.1, 0.15) is 0 Å². The Morgan fingerprint density at radius 2 is 2.58 bits per heavy atom. The fourth-order valence-electron chi connectivity index (χ4n) is 0.991. The first-order valence-corrected chi connectivity index (χ1v) is 4.08. The second kappa shape index (κ2) is 2.89. The van der Waals surface area contributed by atoms with Crippen molar-refractivity contribution in [2.45, 2.75) is 0 Å². The van der Waals surface area contributed by atoms with E-state index >= 15 is 0 Å². The van der Waals surface area contributed by atoms with Gasteiger partial charge in [-0.2, -0.15) is 4.99 Å². The van der Waals surface area contributed by atoms with Gasteiger partial charge in [0.1, 0.15) is 5.70 Å². The Morgan fingerprint density at radius 1 is 1.67 bits per heavy atom. The minimum atomic E-state index is 0.630. The molecule has 2 heterocycles. The van der Waals surface area contributed by atoms with E-state index in [1.54, 1.807) is 12.3 Å². The molecule has 0 aromatic heterocycles. The zero-order chi connectivity index (χ0) is 8.39. The molecular weight excluding hydrogens is 174 g/mol. The van der Waals surface area contributed by atoms with Crippen LogP contribution in [0.2, 0.25) is 0 Å². The van der Waals surface area contributed by atoms with Gasteiger partial charge in [-0.15, -0.1) is 0 Å². The number of aliphatic imine (C=N–C) groups is 1. The molecule has 0 aromatic carbocycles. The second-order valence-corrected chi connectivity index (χ2v) is 2.97. The van der Waals surface area contributed by atoms with Crippen LogP contribution < -0.4 is 4.72 Å². The number of nitrogens with zero attached hydrogens (tertiary/aromatic N) is 2. The van der Waals surface area contributed by atoms with Gasteiger partial charge in [0.05, 0.1) is 17.8 Å². The number of nitrogens with one attached hydrogen (secondary N) is 1. The molecular formula is C7H5N3OS. The molecule has 12 heavy (non-hydrogen) atoms. The van der Waals surface area contributed by atoms with Gasteiger partial charge >= 0.3 is 0 Å². The predicted octanol–water partition coefficient (Wildman–Crippen LogP) is 1.04. The maximum absolute atomic E-state index is 10.0. The Hall–Kier alpha value is -1.45. The summed E-state index contributed by atoms with van der Waals surface area (Å²) in [5, 5.41) is 0. The number of rotatable bonds is 1. The largest absolute Gasteiger partial charge is 0.316 e. The highest BCUT2D eigenvalue weighted by Gasteiger charge is 2.19. The van der Waals surface area contributed by atoms with E-state index in [1.165, 1.54) is 18.2 Å². The molecule has 0 bridgehead atoms. The Morgan fingerprint density at radius 3 is 3.42 bits per heavy atom. The molecule has 2 aliphatic heterocycles. The molecule has 0 fully saturated rings. The molecule has 0 spiro atoms. The summed E-state index contributed by atoms with van der Waals surface area (Å²) in [5.41, 5.74) is 1.51. The minimum absolute atomic E-state index is 0.630. The summed E-state index contributed by atoms with van der Waals surface area (Å²) in [4.78, 5) is 13.6. The molecule has 0 unspecified atom stereocenters. The SMILES string of the molecule is O=C=NC1=CC=CN2SNC=C12. The van der Waals surface area contributed by atoms with Gasteiger partial charge in [0.25, 0.3) is 0 Å². The first-order valence-electron chi connectivity index (χ1n) is 3.30. The molecule has 0 saturated carbocycles. The average molecular weight is 179 g/mol. The van der Waals surface area contributed by atoms with E-state index in [9.17, 15) is 4.79 Å². The van der Waals surface area contributed by atoms with Crippen LogP contribution in [-0.4, -0.2) is 10.4 Å². The van der Waals surface area contributed by atoms with Crippen molar-refractivity contribution in [3.63, 3.8) is 0 Å². The average Bonchev–Trinajstić information content (AvgIpc) is 2.53. The standard InChI is InChI=1S/C7H5N3OS/c11-5-8-6-2-1-3-10-7(6)4-9-12-10/h1-4,9H. The quantitative estimate of drug-likeness (QED) is 0.371. The van der Waals surface area contributed by atoms with Crippen molar-refractivity contribution in [1.29, 1.82) is 0 Å². The number of isocyanates is 1. The zero-order valence-electron chi connectivity index (χ0n) is 6.02. The third-order valence-electron chi connectivity index (χ3n) is 1.49. The summed E-state index contributed by atoms with van der Waals surface area (Å²) in [5.74, 6) is 0. The highest BCUT2D eigenvalue weighted by atomic mass is 32.2. The van der Waals surface area contributed by atoms with Crippen LogP contribution in [0.4, 0.5) is 0 Å². The fourth-order valence-corrected chi connectivity index (χ4v) is 1.64. The second-order valence-electron chi connectivity index (χ2n) is 2.16. The number of hydrogen-bond donors (Lipinski definition) is 1. The molecule has 5 heteroatoms. The van der Waals surface area contributed by atoms with Gasteiger partial charge in [0, 0.05) is 12.4 Å². The van der Waals surface area contributed by atoms with Crippen LogP contribution in [0.3, 0.4) is 0 Å². The number of hydrogen-bond acceptors (Lipinski definition) is 5. The molecule has 2 rings (SSSR count). The van der Waals surface area contributed by atoms with E-state index in [1.807, 2.05) is 16.6 Å². The number of carbonyl (C=O) groups excluding carboxylic acids is 1. The summed E-state index contributed by atoms with van der Waals surface area (Å²) in [6.07, 6.45) is 8.79. The predicted molar refractivity (Wildman–Crippen MR) is 46.0 cm³/mol. The third kappa shape index (κ3) is 1.05. The molecule has 60 valence electrons. The Balaban J connectivity index is 2.38. The van der Waals surface area contributed by atoms with E-state index in [0.29, 0.717) is 5.70 Å². The normalized spacial score (nSPS) is 18.8. The Labute approximate surface area is 73.6 Å². The van der Waals surface area contributed by atoms with Crippen molar-refractivity contribution >= 4 is 18.2 Å². The molecule has 2 aliphatic rings. The highest BCUT2D eigenvalue weighted by molar-refractivity contribution is 7.95. The number of fused-ring (bicyclic) bond motifs is 1. The smallest absolute Gasteiger partial charge is 0.240 e. The van der Waals surface area contributed by atoms with E-state index in [-0.39, 0.29) is 0 Å². The van der Waals surface area contributed by atoms with Crippen molar-refractivity contribution in [1.82, 2.24) is 9.03 Å². The van der Waals surface area contributed by atoms with Crippen LogP contribution in [0.25, 0.3) is 0 Å². The lowest BCUT2D eigenvalue weighted by Crippen LogP contribution is -2.07. The van der Waals surface area contributed by atoms with Crippen molar-refractivity contribution < 1.29 is 4.79 Å². The molecule has 4 nitrogen and oxygen atoms in total. The summed E-state index contributed by atoms with van der Waals surface area (Å²) in [6, 6.07) is 0. The molecule has 0 amide bonds.